The Kier molecular flexibility index (Phi) is 15.6. The van der Waals surface area contributed by atoms with Crippen molar-refractivity contribution in [3.8, 4) is 0 Å². The number of hydrogen-bond acceptors (Lipinski definition) is 10. The van der Waals surface area contributed by atoms with Crippen LogP contribution in [0.5, 0.6) is 0 Å². The highest BCUT2D eigenvalue weighted by Crippen LogP contribution is 2.34. The SMILES string of the molecule is CCC1O[C@@H](OC(C)=O)C(OCc2ccccc2)[C@@H](N=[N+]=[N-])[C@@H]1C.CCC1O[C@H](OC(C)=O)C(OCc2ccccc2)[C@@H](N=[N+]=[N-])[C@@H]1C. The Morgan fingerprint density at radius 3 is 1.33 bits per heavy atom. The molecule has 4 unspecified atom stereocenters. The van der Waals surface area contributed by atoms with Crippen molar-refractivity contribution in [1.29, 1.82) is 0 Å². The molecule has 14 nitrogen and oxygen atoms in total. The van der Waals surface area contributed by atoms with Crippen molar-refractivity contribution >= 4 is 11.9 Å². The van der Waals surface area contributed by atoms with E-state index in [0.29, 0.717) is 13.2 Å². The van der Waals surface area contributed by atoms with Crippen LogP contribution in [0.1, 0.15) is 65.5 Å². The van der Waals surface area contributed by atoms with Gasteiger partial charge in [0.1, 0.15) is 12.2 Å². The third-order valence-corrected chi connectivity index (χ3v) is 8.39. The van der Waals surface area contributed by atoms with Crippen molar-refractivity contribution in [2.75, 3.05) is 0 Å². The van der Waals surface area contributed by atoms with Gasteiger partial charge in [0.15, 0.2) is 0 Å². The lowest BCUT2D eigenvalue weighted by Gasteiger charge is -2.43. The third kappa shape index (κ3) is 10.9. The predicted molar refractivity (Wildman–Crippen MR) is 176 cm³/mol. The lowest BCUT2D eigenvalue weighted by molar-refractivity contribution is -0.263. The molecule has 0 aromatic heterocycles. The summed E-state index contributed by atoms with van der Waals surface area (Å²) in [7, 11) is 0. The number of nitrogens with zero attached hydrogens (tertiary/aromatic N) is 6. The Balaban J connectivity index is 0.000000260. The van der Waals surface area contributed by atoms with Crippen LogP contribution in [0.25, 0.3) is 20.9 Å². The minimum absolute atomic E-state index is 0.0431. The molecular formula is C34H46N6O8. The number of rotatable bonds is 12. The maximum Gasteiger partial charge on any atom is 0.305 e. The fourth-order valence-electron chi connectivity index (χ4n) is 5.91. The van der Waals surface area contributed by atoms with Crippen molar-refractivity contribution in [1.82, 2.24) is 0 Å². The number of carbonyl (C=O) groups excluding carboxylic acids is 2. The smallest absolute Gasteiger partial charge is 0.305 e. The first-order valence-electron chi connectivity index (χ1n) is 16.2. The average molecular weight is 667 g/mol. The van der Waals surface area contributed by atoms with Gasteiger partial charge in [0.2, 0.25) is 12.6 Å². The number of azide groups is 2. The summed E-state index contributed by atoms with van der Waals surface area (Å²) in [5.41, 5.74) is 19.8. The summed E-state index contributed by atoms with van der Waals surface area (Å²) in [4.78, 5) is 28.7. The van der Waals surface area contributed by atoms with E-state index in [1.807, 2.05) is 88.4 Å². The van der Waals surface area contributed by atoms with Crippen LogP contribution < -0.4 is 0 Å². The van der Waals surface area contributed by atoms with Crippen LogP contribution >= 0.6 is 0 Å². The third-order valence-electron chi connectivity index (χ3n) is 8.39. The van der Waals surface area contributed by atoms with Gasteiger partial charge in [0, 0.05) is 23.7 Å². The summed E-state index contributed by atoms with van der Waals surface area (Å²) in [6.07, 6.45) is -1.96. The zero-order chi connectivity index (χ0) is 35.1. The van der Waals surface area contributed by atoms with Gasteiger partial charge in [0.25, 0.3) is 0 Å². The van der Waals surface area contributed by atoms with Gasteiger partial charge in [-0.25, -0.2) is 0 Å². The quantitative estimate of drug-likeness (QED) is 0.0986. The Morgan fingerprint density at radius 2 is 1.04 bits per heavy atom. The lowest BCUT2D eigenvalue weighted by Crippen LogP contribution is -2.54. The van der Waals surface area contributed by atoms with Crippen LogP contribution in [-0.4, -0.2) is 61.0 Å². The molecule has 2 aromatic carbocycles. The van der Waals surface area contributed by atoms with Gasteiger partial charge in [-0.2, -0.15) is 0 Å². The Bertz CT molecular complexity index is 1280. The van der Waals surface area contributed by atoms with Crippen molar-refractivity contribution in [2.24, 2.45) is 22.1 Å². The number of ether oxygens (including phenoxy) is 6. The molecule has 2 saturated heterocycles. The molecule has 0 radical (unpaired) electrons. The molecule has 4 rings (SSSR count). The maximum atomic E-state index is 11.4. The Hall–Kier alpha value is -4.16. The second-order valence-electron chi connectivity index (χ2n) is 11.8. The topological polar surface area (TPSA) is 187 Å². The van der Waals surface area contributed by atoms with Gasteiger partial charge >= 0.3 is 11.9 Å². The van der Waals surface area contributed by atoms with E-state index < -0.39 is 48.8 Å². The van der Waals surface area contributed by atoms with E-state index in [0.717, 1.165) is 24.0 Å². The van der Waals surface area contributed by atoms with Crippen molar-refractivity contribution in [3.05, 3.63) is 92.7 Å². The Morgan fingerprint density at radius 1 is 0.688 bits per heavy atom. The van der Waals surface area contributed by atoms with Crippen LogP contribution in [0.4, 0.5) is 0 Å². The molecule has 0 spiro atoms. The second-order valence-corrected chi connectivity index (χ2v) is 11.8. The number of hydrogen-bond donors (Lipinski definition) is 0. The van der Waals surface area contributed by atoms with Crippen LogP contribution in [0.3, 0.4) is 0 Å². The molecule has 2 aliphatic heterocycles. The van der Waals surface area contributed by atoms with E-state index in [4.69, 9.17) is 39.5 Å². The Labute approximate surface area is 281 Å². The van der Waals surface area contributed by atoms with Gasteiger partial charge < -0.3 is 28.4 Å². The molecule has 0 amide bonds. The fraction of sp³-hybridized carbons (Fsp3) is 0.588. The van der Waals surface area contributed by atoms with Crippen LogP contribution in [0.15, 0.2) is 70.9 Å². The van der Waals surface area contributed by atoms with Crippen molar-refractivity contribution in [3.63, 3.8) is 0 Å². The van der Waals surface area contributed by atoms with Crippen LogP contribution in [-0.2, 0) is 51.2 Å². The summed E-state index contributed by atoms with van der Waals surface area (Å²) in [6, 6.07) is 18.3. The standard InChI is InChI=1S/2C17H23N3O4/c2*1-4-14-11(2)15(19-20-18)16(17(24-14)23-12(3)21)22-10-13-8-6-5-7-9-13/h2*5-9,11,14-17H,4,10H2,1-3H3/t11-,14?,15+,16?,17+;11-,14?,15+,16?,17-/m11/s1. The molecule has 10 atom stereocenters. The number of carbonyl (C=O) groups is 2. The molecule has 2 aliphatic rings. The minimum atomic E-state index is -0.886. The molecule has 0 saturated carbocycles. The molecule has 2 fully saturated rings. The first kappa shape index (κ1) is 38.3. The highest BCUT2D eigenvalue weighted by Gasteiger charge is 2.46. The molecule has 2 heterocycles. The zero-order valence-electron chi connectivity index (χ0n) is 28.3. The molecule has 2 aromatic rings. The van der Waals surface area contributed by atoms with Crippen LogP contribution in [0.2, 0.25) is 0 Å². The normalized spacial score (nSPS) is 29.5. The summed E-state index contributed by atoms with van der Waals surface area (Å²) in [6.45, 7) is 11.1. The maximum absolute atomic E-state index is 11.4. The number of esters is 2. The van der Waals surface area contributed by atoms with E-state index >= 15 is 0 Å². The fourth-order valence-corrected chi connectivity index (χ4v) is 5.91. The zero-order valence-corrected chi connectivity index (χ0v) is 28.3. The summed E-state index contributed by atoms with van der Waals surface area (Å²) in [5, 5.41) is 7.80. The monoisotopic (exact) mass is 666 g/mol. The van der Waals surface area contributed by atoms with Gasteiger partial charge in [-0.15, -0.1) is 0 Å². The number of benzene rings is 2. The minimum Gasteiger partial charge on any atom is -0.433 e. The van der Waals surface area contributed by atoms with Gasteiger partial charge in [0.05, 0.1) is 37.5 Å². The largest absolute Gasteiger partial charge is 0.433 e. The van der Waals surface area contributed by atoms with Gasteiger partial charge in [-0.05, 0) is 46.9 Å². The van der Waals surface area contributed by atoms with E-state index in [2.05, 4.69) is 20.1 Å². The molecular weight excluding hydrogens is 620 g/mol. The molecule has 14 heteroatoms. The van der Waals surface area contributed by atoms with Gasteiger partial charge in [-0.3, -0.25) is 9.59 Å². The lowest BCUT2D eigenvalue weighted by atomic mass is 9.87. The highest BCUT2D eigenvalue weighted by molar-refractivity contribution is 5.66. The van der Waals surface area contributed by atoms with E-state index in [1.54, 1.807) is 0 Å². The molecule has 0 aliphatic carbocycles. The van der Waals surface area contributed by atoms with E-state index in [1.165, 1.54) is 13.8 Å². The van der Waals surface area contributed by atoms with Gasteiger partial charge in [-0.1, -0.05) is 98.6 Å². The first-order chi connectivity index (χ1) is 23.1. The first-order valence-corrected chi connectivity index (χ1v) is 16.2. The molecule has 48 heavy (non-hydrogen) atoms. The molecule has 0 bridgehead atoms. The average Bonchev–Trinajstić information content (AvgIpc) is 3.07. The molecule has 260 valence electrons. The predicted octanol–water partition coefficient (Wildman–Crippen LogP) is 7.17. The summed E-state index contributed by atoms with van der Waals surface area (Å²) in [5.74, 6) is -1.01. The van der Waals surface area contributed by atoms with E-state index in [-0.39, 0.29) is 24.0 Å². The van der Waals surface area contributed by atoms with Crippen molar-refractivity contribution in [2.45, 2.75) is 117 Å². The summed E-state index contributed by atoms with van der Waals surface area (Å²) >= 11 is 0. The van der Waals surface area contributed by atoms with E-state index in [9.17, 15) is 9.59 Å². The highest BCUT2D eigenvalue weighted by atomic mass is 16.7. The summed E-state index contributed by atoms with van der Waals surface area (Å²) < 4.78 is 34.2. The molecule has 0 N–H and O–H groups in total. The second kappa shape index (κ2) is 19.6. The van der Waals surface area contributed by atoms with Crippen LogP contribution in [0, 0.1) is 11.8 Å². The van der Waals surface area contributed by atoms with Crippen molar-refractivity contribution < 1.29 is 38.0 Å².